The number of para-hydroxylation sites is 3. The first-order valence-corrected chi connectivity index (χ1v) is 22.7. The third-order valence-corrected chi connectivity index (χ3v) is 12.7. The van der Waals surface area contributed by atoms with Crippen LogP contribution in [0.1, 0.15) is 0 Å². The second-order valence-electron chi connectivity index (χ2n) is 16.9. The van der Waals surface area contributed by atoms with Crippen molar-refractivity contribution in [3.05, 3.63) is 256 Å². The maximum atomic E-state index is 4.35. The van der Waals surface area contributed by atoms with Crippen molar-refractivity contribution in [3.63, 3.8) is 0 Å². The Morgan fingerprint density at radius 1 is 0.250 bits per heavy atom. The van der Waals surface area contributed by atoms with Crippen LogP contribution in [0.25, 0.3) is 94.3 Å². The molecule has 0 atom stereocenters. The standard InChI is InChI=1S/C62H42N6/c1-3-9-55(10-4-1)67(56-11-5-2-6-12-56)57-15-16-62-60(42-57)59-13-7-8-14-61(59)68(62)58-40-53(51-35-47(43-17-25-63-26-18-43)33-48(36-51)44-19-27-64-28-20-44)39-54(41-58)52-37-49(45-21-29-65-30-22-45)34-50(38-52)46-23-31-66-32-24-46/h1-42H. The van der Waals surface area contributed by atoms with E-state index >= 15 is 0 Å². The lowest BCUT2D eigenvalue weighted by Crippen LogP contribution is -2.09. The minimum Gasteiger partial charge on any atom is -0.310 e. The third kappa shape index (κ3) is 7.76. The van der Waals surface area contributed by atoms with E-state index in [9.17, 15) is 0 Å². The number of benzene rings is 7. The van der Waals surface area contributed by atoms with Gasteiger partial charge in [0.1, 0.15) is 0 Å². The average Bonchev–Trinajstić information content (AvgIpc) is 3.76. The molecule has 5 heterocycles. The van der Waals surface area contributed by atoms with Gasteiger partial charge in [-0.1, -0.05) is 54.6 Å². The molecule has 0 saturated heterocycles. The number of pyridine rings is 4. The minimum atomic E-state index is 1.05. The first kappa shape index (κ1) is 40.3. The maximum Gasteiger partial charge on any atom is 0.0542 e. The van der Waals surface area contributed by atoms with Crippen molar-refractivity contribution >= 4 is 38.9 Å². The van der Waals surface area contributed by atoms with Crippen LogP contribution in [-0.2, 0) is 0 Å². The molecule has 0 amide bonds. The van der Waals surface area contributed by atoms with Gasteiger partial charge in [0.25, 0.3) is 0 Å². The van der Waals surface area contributed by atoms with E-state index < -0.39 is 0 Å². The van der Waals surface area contributed by atoms with Crippen molar-refractivity contribution in [2.45, 2.75) is 0 Å². The summed E-state index contributed by atoms with van der Waals surface area (Å²) in [5.74, 6) is 0. The highest BCUT2D eigenvalue weighted by atomic mass is 15.1. The van der Waals surface area contributed by atoms with Crippen LogP contribution in [0.3, 0.4) is 0 Å². The molecule has 0 aliphatic carbocycles. The maximum absolute atomic E-state index is 4.35. The van der Waals surface area contributed by atoms with Crippen LogP contribution in [0.2, 0.25) is 0 Å². The average molecular weight is 871 g/mol. The second kappa shape index (κ2) is 17.6. The third-order valence-electron chi connectivity index (χ3n) is 12.7. The van der Waals surface area contributed by atoms with Gasteiger partial charge in [-0.25, -0.2) is 0 Å². The Kier molecular flexibility index (Phi) is 10.4. The smallest absolute Gasteiger partial charge is 0.0542 e. The number of aromatic nitrogens is 5. The summed E-state index contributed by atoms with van der Waals surface area (Å²) in [6.07, 6.45) is 14.9. The van der Waals surface area contributed by atoms with Crippen LogP contribution in [0, 0.1) is 0 Å². The highest BCUT2D eigenvalue weighted by Gasteiger charge is 2.20. The zero-order valence-electron chi connectivity index (χ0n) is 36.9. The van der Waals surface area contributed by atoms with Crippen LogP contribution in [0.5, 0.6) is 0 Å². The normalized spacial score (nSPS) is 11.2. The van der Waals surface area contributed by atoms with Crippen LogP contribution < -0.4 is 4.90 Å². The molecule has 68 heavy (non-hydrogen) atoms. The van der Waals surface area contributed by atoms with Gasteiger partial charge in [0, 0.05) is 83.1 Å². The fraction of sp³-hybridized carbons (Fsp3) is 0. The first-order chi connectivity index (χ1) is 33.7. The van der Waals surface area contributed by atoms with Crippen LogP contribution >= 0.6 is 0 Å². The molecule has 0 N–H and O–H groups in total. The van der Waals surface area contributed by atoms with Gasteiger partial charge < -0.3 is 9.47 Å². The summed E-state index contributed by atoms with van der Waals surface area (Å²) in [5, 5.41) is 2.35. The highest BCUT2D eigenvalue weighted by molar-refractivity contribution is 6.11. The van der Waals surface area contributed by atoms with Gasteiger partial charge in [-0.2, -0.15) is 0 Å². The SMILES string of the molecule is c1ccc(N(c2ccccc2)c2ccc3c(c2)c2ccccc2n3-c2cc(-c3cc(-c4ccncc4)cc(-c4ccncc4)c3)cc(-c3cc(-c4ccncc4)cc(-c4ccncc4)c3)c2)cc1. The molecular weight excluding hydrogens is 829 g/mol. The molecule has 0 bridgehead atoms. The predicted octanol–water partition coefficient (Wildman–Crippen LogP) is 15.8. The molecule has 0 aliphatic heterocycles. The monoisotopic (exact) mass is 870 g/mol. The van der Waals surface area contributed by atoms with E-state index in [1.165, 1.54) is 10.8 Å². The molecular formula is C62H42N6. The van der Waals surface area contributed by atoms with Gasteiger partial charge in [-0.3, -0.25) is 19.9 Å². The van der Waals surface area contributed by atoms with Crippen molar-refractivity contribution in [2.75, 3.05) is 4.90 Å². The topological polar surface area (TPSA) is 59.7 Å². The summed E-state index contributed by atoms with van der Waals surface area (Å²) in [4.78, 5) is 19.7. The number of rotatable bonds is 10. The summed E-state index contributed by atoms with van der Waals surface area (Å²) < 4.78 is 2.43. The first-order valence-electron chi connectivity index (χ1n) is 22.7. The van der Waals surface area contributed by atoms with Gasteiger partial charge in [0.15, 0.2) is 0 Å². The van der Waals surface area contributed by atoms with E-state index in [1.807, 2.05) is 49.6 Å². The van der Waals surface area contributed by atoms with Gasteiger partial charge in [-0.15, -0.1) is 0 Å². The van der Waals surface area contributed by atoms with Crippen LogP contribution in [0.15, 0.2) is 256 Å². The van der Waals surface area contributed by atoms with E-state index in [0.717, 1.165) is 101 Å². The van der Waals surface area contributed by atoms with Crippen LogP contribution in [-0.4, -0.2) is 24.5 Å². The second-order valence-corrected chi connectivity index (χ2v) is 16.9. The van der Waals surface area contributed by atoms with E-state index in [4.69, 9.17) is 0 Å². The van der Waals surface area contributed by atoms with E-state index in [1.54, 1.807) is 0 Å². The fourth-order valence-corrected chi connectivity index (χ4v) is 9.49. The van der Waals surface area contributed by atoms with E-state index in [-0.39, 0.29) is 0 Å². The lowest BCUT2D eigenvalue weighted by Gasteiger charge is -2.25. The van der Waals surface area contributed by atoms with E-state index in [0.29, 0.717) is 0 Å². The van der Waals surface area contributed by atoms with Crippen LogP contribution in [0.4, 0.5) is 17.1 Å². The molecule has 0 fully saturated rings. The molecule has 0 radical (unpaired) electrons. The fourth-order valence-electron chi connectivity index (χ4n) is 9.49. The Labute approximate surface area is 394 Å². The Balaban J connectivity index is 1.12. The zero-order chi connectivity index (χ0) is 45.2. The largest absolute Gasteiger partial charge is 0.310 e. The predicted molar refractivity (Wildman–Crippen MR) is 279 cm³/mol. The van der Waals surface area contributed by atoms with Crippen molar-refractivity contribution in [1.82, 2.24) is 24.5 Å². The molecule has 12 aromatic rings. The van der Waals surface area contributed by atoms with Gasteiger partial charge >= 0.3 is 0 Å². The molecule has 6 nitrogen and oxygen atoms in total. The van der Waals surface area contributed by atoms with Crippen molar-refractivity contribution in [3.8, 4) is 72.4 Å². The Hall–Kier alpha value is -9.26. The Bertz CT molecular complexity index is 3410. The van der Waals surface area contributed by atoms with E-state index in [2.05, 4.69) is 236 Å². The number of anilines is 3. The Morgan fingerprint density at radius 3 is 1.00 bits per heavy atom. The van der Waals surface area contributed by atoms with Gasteiger partial charge in [0.2, 0.25) is 0 Å². The molecule has 0 saturated carbocycles. The number of hydrogen-bond donors (Lipinski definition) is 0. The molecule has 6 heteroatoms. The summed E-state index contributed by atoms with van der Waals surface area (Å²) >= 11 is 0. The van der Waals surface area contributed by atoms with Gasteiger partial charge in [-0.05, 0) is 218 Å². The summed E-state index contributed by atoms with van der Waals surface area (Å²) in [5.41, 5.74) is 19.7. The minimum absolute atomic E-state index is 1.05. The molecule has 0 spiro atoms. The number of hydrogen-bond acceptors (Lipinski definition) is 5. The molecule has 5 aromatic heterocycles. The van der Waals surface area contributed by atoms with Crippen molar-refractivity contribution in [1.29, 1.82) is 0 Å². The highest BCUT2D eigenvalue weighted by Crippen LogP contribution is 2.43. The van der Waals surface area contributed by atoms with Crippen molar-refractivity contribution < 1.29 is 0 Å². The zero-order valence-corrected chi connectivity index (χ0v) is 36.9. The van der Waals surface area contributed by atoms with Crippen molar-refractivity contribution in [2.24, 2.45) is 0 Å². The Morgan fingerprint density at radius 2 is 0.588 bits per heavy atom. The lowest BCUT2D eigenvalue weighted by molar-refractivity contribution is 1.18. The molecule has 0 unspecified atom stereocenters. The summed E-state index contributed by atoms with van der Waals surface area (Å²) in [6.45, 7) is 0. The summed E-state index contributed by atoms with van der Waals surface area (Å²) in [7, 11) is 0. The lowest BCUT2D eigenvalue weighted by atomic mass is 9.90. The molecule has 7 aromatic carbocycles. The van der Waals surface area contributed by atoms with Gasteiger partial charge in [0.05, 0.1) is 11.0 Å². The summed E-state index contributed by atoms with van der Waals surface area (Å²) in [6, 6.07) is 74.2. The molecule has 320 valence electrons. The number of nitrogens with zero attached hydrogens (tertiary/aromatic N) is 6. The molecule has 0 aliphatic rings. The molecule has 12 rings (SSSR count). The number of fused-ring (bicyclic) bond motifs is 3. The quantitative estimate of drug-likeness (QED) is 0.137.